The van der Waals surface area contributed by atoms with Crippen LogP contribution in [0.2, 0.25) is 0 Å². The molecule has 4 heterocycles. The summed E-state index contributed by atoms with van der Waals surface area (Å²) in [4.78, 5) is 7.98. The second-order valence-electron chi connectivity index (χ2n) is 7.28. The van der Waals surface area contributed by atoms with Gasteiger partial charge >= 0.3 is 0 Å². The lowest BCUT2D eigenvalue weighted by Crippen LogP contribution is -2.37. The van der Waals surface area contributed by atoms with Gasteiger partial charge in [-0.05, 0) is 38.4 Å². The number of likely N-dealkylation sites (tertiary alicyclic amines) is 1. The van der Waals surface area contributed by atoms with Crippen molar-refractivity contribution < 1.29 is 4.74 Å². The number of thiophene rings is 1. The van der Waals surface area contributed by atoms with E-state index in [4.69, 9.17) is 4.74 Å². The van der Waals surface area contributed by atoms with E-state index in [0.29, 0.717) is 5.92 Å². The van der Waals surface area contributed by atoms with Crippen LogP contribution in [0.1, 0.15) is 39.8 Å². The van der Waals surface area contributed by atoms with Crippen molar-refractivity contribution in [2.75, 3.05) is 39.4 Å². The van der Waals surface area contributed by atoms with Crippen molar-refractivity contribution in [1.82, 2.24) is 20.0 Å². The Hall–Kier alpha value is -1.21. The van der Waals surface area contributed by atoms with Crippen LogP contribution < -0.4 is 0 Å². The fourth-order valence-corrected chi connectivity index (χ4v) is 4.96. The lowest BCUT2D eigenvalue weighted by molar-refractivity contribution is 0.0339. The van der Waals surface area contributed by atoms with Gasteiger partial charge in [0.15, 0.2) is 0 Å². The maximum Gasteiger partial charge on any atom is 0.0594 e. The predicted octanol–water partition coefficient (Wildman–Crippen LogP) is 2.99. The number of nitrogens with zero attached hydrogens (tertiary/aromatic N) is 3. The van der Waals surface area contributed by atoms with E-state index in [1.807, 2.05) is 17.5 Å². The first-order chi connectivity index (χ1) is 12.3. The Bertz CT molecular complexity index is 677. The number of H-pyrrole nitrogens is 1. The highest BCUT2D eigenvalue weighted by molar-refractivity contribution is 7.11. The smallest absolute Gasteiger partial charge is 0.0594 e. The molecule has 2 aromatic rings. The quantitative estimate of drug-likeness (QED) is 0.890. The van der Waals surface area contributed by atoms with E-state index in [1.54, 1.807) is 0 Å². The predicted molar refractivity (Wildman–Crippen MR) is 101 cm³/mol. The summed E-state index contributed by atoms with van der Waals surface area (Å²) in [5.74, 6) is 0.577. The third-order valence-electron chi connectivity index (χ3n) is 5.34. The molecule has 0 amide bonds. The molecule has 2 fully saturated rings. The van der Waals surface area contributed by atoms with Crippen molar-refractivity contribution in [3.8, 4) is 0 Å². The molecule has 2 aromatic heterocycles. The summed E-state index contributed by atoms with van der Waals surface area (Å²) in [6.07, 6.45) is 4.57. The van der Waals surface area contributed by atoms with Gasteiger partial charge in [-0.15, -0.1) is 11.3 Å². The van der Waals surface area contributed by atoms with Crippen LogP contribution in [0.25, 0.3) is 0 Å². The molecule has 0 unspecified atom stereocenters. The number of hydrogen-bond acceptors (Lipinski definition) is 5. The zero-order valence-electron chi connectivity index (χ0n) is 15.0. The van der Waals surface area contributed by atoms with Gasteiger partial charge in [-0.2, -0.15) is 5.10 Å². The zero-order chi connectivity index (χ0) is 17.1. The normalized spacial score (nSPS) is 23.2. The van der Waals surface area contributed by atoms with Gasteiger partial charge in [0.25, 0.3) is 0 Å². The summed E-state index contributed by atoms with van der Waals surface area (Å²) in [6.45, 7) is 10.4. The van der Waals surface area contributed by atoms with Crippen molar-refractivity contribution >= 4 is 11.3 Å². The van der Waals surface area contributed by atoms with E-state index < -0.39 is 0 Å². The number of aromatic nitrogens is 2. The summed E-state index contributed by atoms with van der Waals surface area (Å²) >= 11 is 1.93. The molecule has 136 valence electrons. The van der Waals surface area contributed by atoms with Crippen LogP contribution in [0.4, 0.5) is 0 Å². The molecule has 2 aliphatic rings. The van der Waals surface area contributed by atoms with Gasteiger partial charge in [-0.25, -0.2) is 0 Å². The van der Waals surface area contributed by atoms with Gasteiger partial charge in [-0.1, -0.05) is 0 Å². The number of ether oxygens (including phenoxy) is 1. The number of morpholine rings is 1. The molecule has 0 saturated carbocycles. The third-order valence-corrected chi connectivity index (χ3v) is 6.32. The molecule has 0 aliphatic carbocycles. The van der Waals surface area contributed by atoms with Crippen LogP contribution in [0.5, 0.6) is 0 Å². The van der Waals surface area contributed by atoms with E-state index in [1.165, 1.54) is 40.4 Å². The van der Waals surface area contributed by atoms with Crippen LogP contribution in [-0.2, 0) is 17.8 Å². The van der Waals surface area contributed by atoms with Gasteiger partial charge in [0, 0.05) is 59.7 Å². The molecule has 6 heteroatoms. The number of rotatable bonds is 5. The molecule has 2 aliphatic heterocycles. The molecule has 5 nitrogen and oxygen atoms in total. The van der Waals surface area contributed by atoms with E-state index in [9.17, 15) is 0 Å². The summed E-state index contributed by atoms with van der Waals surface area (Å²) in [7, 11) is 0. The molecule has 0 radical (unpaired) electrons. The van der Waals surface area contributed by atoms with E-state index in [2.05, 4.69) is 39.1 Å². The number of hydrogen-bond donors (Lipinski definition) is 1. The van der Waals surface area contributed by atoms with Gasteiger partial charge < -0.3 is 4.74 Å². The Morgan fingerprint density at radius 2 is 2.08 bits per heavy atom. The minimum atomic E-state index is 0.577. The number of aromatic amines is 1. The fourth-order valence-electron chi connectivity index (χ4n) is 4.03. The summed E-state index contributed by atoms with van der Waals surface area (Å²) < 4.78 is 5.47. The zero-order valence-corrected chi connectivity index (χ0v) is 15.9. The molecule has 0 bridgehead atoms. The van der Waals surface area contributed by atoms with Crippen molar-refractivity contribution in [3.63, 3.8) is 0 Å². The standard InChI is InChI=1S/C19H28N4OS/c1-15-4-5-18(25-15)14-23-6-2-3-16(12-23)19-17(11-20-21-19)13-22-7-9-24-10-8-22/h4-5,11,16H,2-3,6-10,12-14H2,1H3,(H,20,21)/t16-/m0/s1. The van der Waals surface area contributed by atoms with Crippen LogP contribution in [0.3, 0.4) is 0 Å². The average Bonchev–Trinajstić information content (AvgIpc) is 3.25. The highest BCUT2D eigenvalue weighted by Gasteiger charge is 2.25. The van der Waals surface area contributed by atoms with E-state index in [-0.39, 0.29) is 0 Å². The molecular weight excluding hydrogens is 332 g/mol. The van der Waals surface area contributed by atoms with Crippen molar-refractivity contribution in [1.29, 1.82) is 0 Å². The van der Waals surface area contributed by atoms with Crippen LogP contribution in [0.15, 0.2) is 18.3 Å². The SMILES string of the molecule is Cc1ccc(CN2CCC[C@H](c3[nH]ncc3CN3CCOCC3)C2)s1. The highest BCUT2D eigenvalue weighted by Crippen LogP contribution is 2.30. The number of aryl methyl sites for hydroxylation is 1. The Morgan fingerprint density at radius 1 is 1.20 bits per heavy atom. The lowest BCUT2D eigenvalue weighted by Gasteiger charge is -2.33. The topological polar surface area (TPSA) is 44.4 Å². The minimum Gasteiger partial charge on any atom is -0.379 e. The maximum atomic E-state index is 5.47. The van der Waals surface area contributed by atoms with Gasteiger partial charge in [0.2, 0.25) is 0 Å². The van der Waals surface area contributed by atoms with Crippen LogP contribution in [0, 0.1) is 6.92 Å². The minimum absolute atomic E-state index is 0.577. The van der Waals surface area contributed by atoms with Crippen molar-refractivity contribution in [2.45, 2.75) is 38.8 Å². The first kappa shape index (κ1) is 17.2. The lowest BCUT2D eigenvalue weighted by atomic mass is 9.92. The first-order valence-electron chi connectivity index (χ1n) is 9.38. The molecule has 1 atom stereocenters. The Morgan fingerprint density at radius 3 is 2.88 bits per heavy atom. The molecule has 0 spiro atoms. The van der Waals surface area contributed by atoms with Gasteiger partial charge in [-0.3, -0.25) is 14.9 Å². The second-order valence-corrected chi connectivity index (χ2v) is 8.66. The Balaban J connectivity index is 1.40. The number of piperidine rings is 1. The molecule has 4 rings (SSSR count). The van der Waals surface area contributed by atoms with Crippen molar-refractivity contribution in [2.24, 2.45) is 0 Å². The number of nitrogens with one attached hydrogen (secondary N) is 1. The second kappa shape index (κ2) is 7.99. The largest absolute Gasteiger partial charge is 0.379 e. The average molecular weight is 361 g/mol. The summed E-state index contributed by atoms with van der Waals surface area (Å²) in [5, 5.41) is 7.70. The molecule has 0 aromatic carbocycles. The first-order valence-corrected chi connectivity index (χ1v) is 10.2. The van der Waals surface area contributed by atoms with Crippen LogP contribution >= 0.6 is 11.3 Å². The van der Waals surface area contributed by atoms with Gasteiger partial charge in [0.05, 0.1) is 19.4 Å². The summed E-state index contributed by atoms with van der Waals surface area (Å²) in [6, 6.07) is 4.51. The molecule has 25 heavy (non-hydrogen) atoms. The van der Waals surface area contributed by atoms with E-state index >= 15 is 0 Å². The molecule has 1 N–H and O–H groups in total. The maximum absolute atomic E-state index is 5.47. The fraction of sp³-hybridized carbons (Fsp3) is 0.632. The van der Waals surface area contributed by atoms with E-state index in [0.717, 1.165) is 45.9 Å². The van der Waals surface area contributed by atoms with Crippen LogP contribution in [-0.4, -0.2) is 59.4 Å². The molecular formula is C19H28N4OS. The summed E-state index contributed by atoms with van der Waals surface area (Å²) in [5.41, 5.74) is 2.74. The highest BCUT2D eigenvalue weighted by atomic mass is 32.1. The third kappa shape index (κ3) is 4.31. The Kier molecular flexibility index (Phi) is 5.51. The van der Waals surface area contributed by atoms with Crippen molar-refractivity contribution in [3.05, 3.63) is 39.3 Å². The Labute approximate surface area is 154 Å². The molecule has 2 saturated heterocycles. The van der Waals surface area contributed by atoms with Gasteiger partial charge in [0.1, 0.15) is 0 Å². The monoisotopic (exact) mass is 360 g/mol.